The maximum atomic E-state index is 5.82. The molecule has 4 unspecified atom stereocenters. The van der Waals surface area contributed by atoms with Gasteiger partial charge in [-0.3, -0.25) is 0 Å². The van der Waals surface area contributed by atoms with Crippen LogP contribution in [0, 0.1) is 17.8 Å². The summed E-state index contributed by atoms with van der Waals surface area (Å²) in [6.07, 6.45) is 9.96. The zero-order chi connectivity index (χ0) is 11.0. The Kier molecular flexibility index (Phi) is 3.47. The summed E-state index contributed by atoms with van der Waals surface area (Å²) in [6, 6.07) is 0. The molecule has 3 aliphatic carbocycles. The standard InChI is InChI=1S/C13H22OS2/c15-7-3-6-14-16-13-9-11(13)8-10-4-1-2-5-12(10)13/h10-12,15H,1-9H2. The summed E-state index contributed by atoms with van der Waals surface area (Å²) in [4.78, 5) is 0. The van der Waals surface area contributed by atoms with Crippen molar-refractivity contribution in [3.05, 3.63) is 0 Å². The molecule has 0 saturated heterocycles. The molecular formula is C13H22OS2. The van der Waals surface area contributed by atoms with Gasteiger partial charge in [0.05, 0.1) is 6.61 Å². The van der Waals surface area contributed by atoms with Crippen LogP contribution in [0.5, 0.6) is 0 Å². The fourth-order valence-electron chi connectivity index (χ4n) is 4.00. The second kappa shape index (κ2) is 4.74. The molecule has 0 bridgehead atoms. The van der Waals surface area contributed by atoms with Crippen LogP contribution in [0.4, 0.5) is 0 Å². The van der Waals surface area contributed by atoms with Crippen LogP contribution in [0.15, 0.2) is 0 Å². The van der Waals surface area contributed by atoms with Crippen molar-refractivity contribution in [2.24, 2.45) is 17.8 Å². The van der Waals surface area contributed by atoms with Crippen molar-refractivity contribution >= 4 is 24.7 Å². The summed E-state index contributed by atoms with van der Waals surface area (Å²) in [7, 11) is 0. The van der Waals surface area contributed by atoms with E-state index in [9.17, 15) is 0 Å². The Balaban J connectivity index is 1.54. The van der Waals surface area contributed by atoms with Gasteiger partial charge < -0.3 is 4.18 Å². The van der Waals surface area contributed by atoms with Gasteiger partial charge in [0.25, 0.3) is 0 Å². The largest absolute Gasteiger partial charge is 0.315 e. The molecule has 3 aliphatic rings. The van der Waals surface area contributed by atoms with Crippen molar-refractivity contribution in [1.82, 2.24) is 0 Å². The molecule has 3 rings (SSSR count). The van der Waals surface area contributed by atoms with Gasteiger partial charge in [-0.25, -0.2) is 0 Å². The van der Waals surface area contributed by atoms with Crippen LogP contribution in [0.2, 0.25) is 0 Å². The van der Waals surface area contributed by atoms with Crippen molar-refractivity contribution in [3.63, 3.8) is 0 Å². The normalized spacial score (nSPS) is 45.2. The molecule has 3 heteroatoms. The lowest BCUT2D eigenvalue weighted by atomic mass is 9.78. The Morgan fingerprint density at radius 1 is 1.31 bits per heavy atom. The molecule has 0 spiro atoms. The van der Waals surface area contributed by atoms with Crippen LogP contribution in [0.1, 0.15) is 44.9 Å². The third-order valence-electron chi connectivity index (χ3n) is 4.82. The average molecular weight is 258 g/mol. The fraction of sp³-hybridized carbons (Fsp3) is 1.00. The predicted molar refractivity (Wildman–Crippen MR) is 72.9 cm³/mol. The Hall–Kier alpha value is 0.660. The first-order valence-corrected chi connectivity index (χ1v) is 8.16. The molecule has 1 nitrogen and oxygen atoms in total. The van der Waals surface area contributed by atoms with Crippen LogP contribution in [-0.2, 0) is 4.18 Å². The van der Waals surface area contributed by atoms with Crippen LogP contribution in [0.3, 0.4) is 0 Å². The first-order chi connectivity index (χ1) is 7.87. The number of fused-ring (bicyclic) bond motifs is 3. The van der Waals surface area contributed by atoms with E-state index < -0.39 is 0 Å². The Labute approximate surface area is 109 Å². The highest BCUT2D eigenvalue weighted by Crippen LogP contribution is 2.71. The molecule has 0 amide bonds. The molecule has 0 aromatic rings. The Morgan fingerprint density at radius 3 is 3.06 bits per heavy atom. The van der Waals surface area contributed by atoms with Gasteiger partial charge in [0.1, 0.15) is 0 Å². The van der Waals surface area contributed by atoms with Crippen molar-refractivity contribution in [2.75, 3.05) is 12.4 Å². The fourth-order valence-corrected chi connectivity index (χ4v) is 5.49. The lowest BCUT2D eigenvalue weighted by Crippen LogP contribution is -2.26. The van der Waals surface area contributed by atoms with Crippen molar-refractivity contribution in [1.29, 1.82) is 0 Å². The maximum absolute atomic E-state index is 5.82. The number of hydrogen-bond acceptors (Lipinski definition) is 3. The molecule has 0 N–H and O–H groups in total. The Bertz CT molecular complexity index is 258. The minimum atomic E-state index is 0.571. The zero-order valence-corrected chi connectivity index (χ0v) is 11.6. The van der Waals surface area contributed by atoms with E-state index in [-0.39, 0.29) is 0 Å². The molecule has 0 aromatic heterocycles. The van der Waals surface area contributed by atoms with E-state index in [1.54, 1.807) is 0 Å². The zero-order valence-electron chi connectivity index (χ0n) is 9.86. The monoisotopic (exact) mass is 258 g/mol. The van der Waals surface area contributed by atoms with Crippen molar-refractivity contribution in [3.8, 4) is 0 Å². The molecule has 92 valence electrons. The highest BCUT2D eigenvalue weighted by molar-refractivity contribution is 7.96. The second-order valence-electron chi connectivity index (χ2n) is 5.73. The van der Waals surface area contributed by atoms with Gasteiger partial charge in [0, 0.05) is 4.75 Å². The molecule has 16 heavy (non-hydrogen) atoms. The topological polar surface area (TPSA) is 9.23 Å². The van der Waals surface area contributed by atoms with E-state index in [1.165, 1.54) is 38.5 Å². The molecule has 0 aliphatic heterocycles. The SMILES string of the molecule is SCCCOSC12CC1CC1CCCCC12. The van der Waals surface area contributed by atoms with Crippen molar-refractivity contribution < 1.29 is 4.18 Å². The average Bonchev–Trinajstić information content (AvgIpc) is 2.92. The summed E-state index contributed by atoms with van der Waals surface area (Å²) in [5, 5.41) is 0. The third kappa shape index (κ3) is 1.93. The van der Waals surface area contributed by atoms with Crippen molar-refractivity contribution in [2.45, 2.75) is 49.7 Å². The number of rotatable bonds is 5. The van der Waals surface area contributed by atoms with Gasteiger partial charge in [0.2, 0.25) is 0 Å². The smallest absolute Gasteiger partial charge is 0.0621 e. The number of hydrogen-bond donors (Lipinski definition) is 1. The van der Waals surface area contributed by atoms with Gasteiger partial charge in [-0.05, 0) is 61.2 Å². The first kappa shape index (κ1) is 11.7. The van der Waals surface area contributed by atoms with E-state index >= 15 is 0 Å². The molecule has 0 aromatic carbocycles. The van der Waals surface area contributed by atoms with Crippen LogP contribution < -0.4 is 0 Å². The van der Waals surface area contributed by atoms with Gasteiger partial charge in [-0.2, -0.15) is 12.6 Å². The third-order valence-corrected chi connectivity index (χ3v) is 6.53. The lowest BCUT2D eigenvalue weighted by molar-refractivity contribution is 0.246. The molecule has 0 radical (unpaired) electrons. The molecular weight excluding hydrogens is 236 g/mol. The van der Waals surface area contributed by atoms with Gasteiger partial charge >= 0.3 is 0 Å². The lowest BCUT2D eigenvalue weighted by Gasteiger charge is -2.32. The van der Waals surface area contributed by atoms with E-state index in [2.05, 4.69) is 12.6 Å². The number of thiol groups is 1. The van der Waals surface area contributed by atoms with E-state index in [4.69, 9.17) is 4.18 Å². The predicted octanol–water partition coefficient (Wildman–Crippen LogP) is 3.94. The highest BCUT2D eigenvalue weighted by atomic mass is 32.2. The van der Waals surface area contributed by atoms with Crippen LogP contribution in [0.25, 0.3) is 0 Å². The van der Waals surface area contributed by atoms with Gasteiger partial charge in [-0.1, -0.05) is 19.3 Å². The highest BCUT2D eigenvalue weighted by Gasteiger charge is 2.67. The maximum Gasteiger partial charge on any atom is 0.0621 e. The van der Waals surface area contributed by atoms with Gasteiger partial charge in [0.15, 0.2) is 0 Å². The summed E-state index contributed by atoms with van der Waals surface area (Å²) >= 11 is 6.07. The second-order valence-corrected chi connectivity index (χ2v) is 7.33. The Morgan fingerprint density at radius 2 is 2.19 bits per heavy atom. The van der Waals surface area contributed by atoms with E-state index in [0.717, 1.165) is 36.5 Å². The van der Waals surface area contributed by atoms with Crippen LogP contribution >= 0.6 is 24.7 Å². The molecule has 3 saturated carbocycles. The van der Waals surface area contributed by atoms with E-state index in [0.29, 0.717) is 4.75 Å². The quantitative estimate of drug-likeness (QED) is 0.454. The molecule has 3 fully saturated rings. The minimum absolute atomic E-state index is 0.571. The first-order valence-electron chi connectivity index (χ1n) is 6.78. The molecule has 4 atom stereocenters. The summed E-state index contributed by atoms with van der Waals surface area (Å²) in [5.74, 6) is 3.99. The summed E-state index contributed by atoms with van der Waals surface area (Å²) in [5.41, 5.74) is 0. The summed E-state index contributed by atoms with van der Waals surface area (Å²) < 4.78 is 6.39. The van der Waals surface area contributed by atoms with Crippen LogP contribution in [-0.4, -0.2) is 17.1 Å². The minimum Gasteiger partial charge on any atom is -0.315 e. The molecule has 0 heterocycles. The van der Waals surface area contributed by atoms with E-state index in [1.807, 2.05) is 12.0 Å². The van der Waals surface area contributed by atoms with Gasteiger partial charge in [-0.15, -0.1) is 0 Å². The summed E-state index contributed by atoms with van der Waals surface area (Å²) in [6.45, 7) is 0.889.